The van der Waals surface area contributed by atoms with Crippen LogP contribution in [0.2, 0.25) is 10.0 Å². The number of amides is 1. The van der Waals surface area contributed by atoms with Gasteiger partial charge in [-0.1, -0.05) is 47.5 Å². The standard InChI is InChI=1S/C21H23Cl2NO3/c1-21(2,3)27-20(25)24-11-10-16-14(12-24)6-5-9-18(16)26-13-15-7-4-8-17(22)19(15)23/h4-9H,10-13H2,1-3H3. The molecule has 0 spiro atoms. The van der Waals surface area contributed by atoms with Gasteiger partial charge in [0.2, 0.25) is 0 Å². The second-order valence-electron chi connectivity index (χ2n) is 7.55. The minimum Gasteiger partial charge on any atom is -0.489 e. The molecule has 1 aliphatic heterocycles. The van der Waals surface area contributed by atoms with Gasteiger partial charge < -0.3 is 14.4 Å². The Morgan fingerprint density at radius 1 is 1.15 bits per heavy atom. The van der Waals surface area contributed by atoms with Crippen molar-refractivity contribution in [3.05, 3.63) is 63.1 Å². The summed E-state index contributed by atoms with van der Waals surface area (Å²) in [6.07, 6.45) is 0.429. The highest BCUT2D eigenvalue weighted by molar-refractivity contribution is 6.42. The molecule has 0 atom stereocenters. The zero-order valence-electron chi connectivity index (χ0n) is 15.7. The molecule has 1 amide bonds. The minimum absolute atomic E-state index is 0.287. The molecule has 3 rings (SSSR count). The number of halogens is 2. The predicted molar refractivity (Wildman–Crippen MR) is 108 cm³/mol. The first kappa shape index (κ1) is 19.8. The third-order valence-corrected chi connectivity index (χ3v) is 5.15. The van der Waals surface area contributed by atoms with Crippen molar-refractivity contribution < 1.29 is 14.3 Å². The molecule has 4 nitrogen and oxygen atoms in total. The van der Waals surface area contributed by atoms with Crippen LogP contribution in [0.3, 0.4) is 0 Å². The van der Waals surface area contributed by atoms with Crippen molar-refractivity contribution in [1.29, 1.82) is 0 Å². The van der Waals surface area contributed by atoms with Crippen molar-refractivity contribution in [1.82, 2.24) is 4.90 Å². The van der Waals surface area contributed by atoms with Crippen LogP contribution in [-0.2, 0) is 24.3 Å². The summed E-state index contributed by atoms with van der Waals surface area (Å²) in [5.74, 6) is 0.812. The third-order valence-electron chi connectivity index (χ3n) is 4.29. The molecule has 0 aromatic heterocycles. The van der Waals surface area contributed by atoms with Crippen molar-refractivity contribution in [2.75, 3.05) is 6.54 Å². The summed E-state index contributed by atoms with van der Waals surface area (Å²) < 4.78 is 11.5. The van der Waals surface area contributed by atoms with Crippen molar-refractivity contribution in [2.24, 2.45) is 0 Å². The van der Waals surface area contributed by atoms with Crippen LogP contribution < -0.4 is 4.74 Å². The number of carbonyl (C=O) groups excluding carboxylic acids is 1. The van der Waals surface area contributed by atoms with Gasteiger partial charge in [-0.3, -0.25) is 0 Å². The summed E-state index contributed by atoms with van der Waals surface area (Å²) >= 11 is 12.3. The molecule has 0 radical (unpaired) electrons. The SMILES string of the molecule is CC(C)(C)OC(=O)N1CCc2c(cccc2OCc2cccc(Cl)c2Cl)C1. The fourth-order valence-electron chi connectivity index (χ4n) is 3.01. The van der Waals surface area contributed by atoms with Crippen LogP contribution in [0.15, 0.2) is 36.4 Å². The fourth-order valence-corrected chi connectivity index (χ4v) is 3.38. The Morgan fingerprint density at radius 3 is 2.63 bits per heavy atom. The molecule has 0 N–H and O–H groups in total. The lowest BCUT2D eigenvalue weighted by Crippen LogP contribution is -2.40. The molecule has 6 heteroatoms. The maximum atomic E-state index is 12.3. The second-order valence-corrected chi connectivity index (χ2v) is 8.33. The highest BCUT2D eigenvalue weighted by atomic mass is 35.5. The first-order chi connectivity index (χ1) is 12.7. The number of carbonyl (C=O) groups is 1. The number of fused-ring (bicyclic) bond motifs is 1. The summed E-state index contributed by atoms with van der Waals surface area (Å²) in [7, 11) is 0. The molecule has 0 saturated carbocycles. The zero-order valence-corrected chi connectivity index (χ0v) is 17.2. The maximum absolute atomic E-state index is 12.3. The monoisotopic (exact) mass is 407 g/mol. The summed E-state index contributed by atoms with van der Waals surface area (Å²) in [4.78, 5) is 14.1. The van der Waals surface area contributed by atoms with Crippen molar-refractivity contribution in [2.45, 2.75) is 45.9 Å². The zero-order chi connectivity index (χ0) is 19.6. The van der Waals surface area contributed by atoms with Gasteiger partial charge in [-0.2, -0.15) is 0 Å². The van der Waals surface area contributed by atoms with E-state index in [1.165, 1.54) is 0 Å². The van der Waals surface area contributed by atoms with E-state index in [9.17, 15) is 4.79 Å². The summed E-state index contributed by atoms with van der Waals surface area (Å²) in [5, 5.41) is 1.03. The van der Waals surface area contributed by atoms with Gasteiger partial charge in [0.25, 0.3) is 0 Å². The first-order valence-electron chi connectivity index (χ1n) is 8.89. The number of hydrogen-bond donors (Lipinski definition) is 0. The summed E-state index contributed by atoms with van der Waals surface area (Å²) in [6, 6.07) is 11.4. The molecule has 0 aliphatic carbocycles. The topological polar surface area (TPSA) is 38.8 Å². The predicted octanol–water partition coefficient (Wildman–Crippen LogP) is 5.87. The Balaban J connectivity index is 1.72. The number of ether oxygens (including phenoxy) is 2. The van der Waals surface area contributed by atoms with E-state index >= 15 is 0 Å². The lowest BCUT2D eigenvalue weighted by Gasteiger charge is -2.32. The molecular weight excluding hydrogens is 385 g/mol. The van der Waals surface area contributed by atoms with E-state index in [1.807, 2.05) is 51.1 Å². The minimum atomic E-state index is -0.501. The molecule has 144 valence electrons. The summed E-state index contributed by atoms with van der Waals surface area (Å²) in [6.45, 7) is 7.06. The number of benzene rings is 2. The number of nitrogens with zero attached hydrogens (tertiary/aromatic N) is 1. The molecule has 0 saturated heterocycles. The van der Waals surface area contributed by atoms with Crippen LogP contribution >= 0.6 is 23.2 Å². The average Bonchev–Trinajstić information content (AvgIpc) is 2.61. The van der Waals surface area contributed by atoms with E-state index in [1.54, 1.807) is 11.0 Å². The molecule has 1 aliphatic rings. The quantitative estimate of drug-likeness (QED) is 0.638. The highest BCUT2D eigenvalue weighted by Crippen LogP contribution is 2.31. The Bertz CT molecular complexity index is 846. The molecule has 27 heavy (non-hydrogen) atoms. The van der Waals surface area contributed by atoms with Crippen molar-refractivity contribution >= 4 is 29.3 Å². The highest BCUT2D eigenvalue weighted by Gasteiger charge is 2.27. The van der Waals surface area contributed by atoms with Gasteiger partial charge in [0, 0.05) is 24.2 Å². The van der Waals surface area contributed by atoms with E-state index in [-0.39, 0.29) is 6.09 Å². The number of hydrogen-bond acceptors (Lipinski definition) is 3. The van der Waals surface area contributed by atoms with E-state index in [4.69, 9.17) is 32.7 Å². The van der Waals surface area contributed by atoms with Gasteiger partial charge in [0.1, 0.15) is 18.0 Å². The van der Waals surface area contributed by atoms with Gasteiger partial charge in [-0.05, 0) is 44.9 Å². The van der Waals surface area contributed by atoms with E-state index in [0.717, 1.165) is 22.4 Å². The molecule has 2 aromatic carbocycles. The molecular formula is C21H23Cl2NO3. The Labute approximate surface area is 170 Å². The van der Waals surface area contributed by atoms with E-state index in [2.05, 4.69) is 0 Å². The molecule has 2 aromatic rings. The second kappa shape index (κ2) is 7.99. The molecule has 0 fully saturated rings. The maximum Gasteiger partial charge on any atom is 0.410 e. The first-order valence-corrected chi connectivity index (χ1v) is 9.64. The lowest BCUT2D eigenvalue weighted by molar-refractivity contribution is 0.0223. The Kier molecular flexibility index (Phi) is 5.87. The Morgan fingerprint density at radius 2 is 1.89 bits per heavy atom. The molecule has 0 unspecified atom stereocenters. The van der Waals surface area contributed by atoms with Crippen LogP contribution in [0.25, 0.3) is 0 Å². The van der Waals surface area contributed by atoms with Crippen LogP contribution in [0, 0.1) is 0 Å². The van der Waals surface area contributed by atoms with Gasteiger partial charge in [0.15, 0.2) is 0 Å². The van der Waals surface area contributed by atoms with Crippen LogP contribution in [0.5, 0.6) is 5.75 Å². The van der Waals surface area contributed by atoms with Crippen LogP contribution in [0.1, 0.15) is 37.5 Å². The van der Waals surface area contributed by atoms with Gasteiger partial charge in [-0.25, -0.2) is 4.79 Å². The van der Waals surface area contributed by atoms with E-state index < -0.39 is 5.60 Å². The number of rotatable bonds is 3. The molecule has 1 heterocycles. The largest absolute Gasteiger partial charge is 0.489 e. The van der Waals surface area contributed by atoms with Gasteiger partial charge >= 0.3 is 6.09 Å². The van der Waals surface area contributed by atoms with E-state index in [0.29, 0.717) is 36.2 Å². The van der Waals surface area contributed by atoms with Gasteiger partial charge in [0.05, 0.1) is 10.0 Å². The van der Waals surface area contributed by atoms with Crippen LogP contribution in [0.4, 0.5) is 4.79 Å². The lowest BCUT2D eigenvalue weighted by atomic mass is 9.99. The molecule has 0 bridgehead atoms. The fraction of sp³-hybridized carbons (Fsp3) is 0.381. The van der Waals surface area contributed by atoms with Gasteiger partial charge in [-0.15, -0.1) is 0 Å². The average molecular weight is 408 g/mol. The smallest absolute Gasteiger partial charge is 0.410 e. The summed E-state index contributed by atoms with van der Waals surface area (Å²) in [5.41, 5.74) is 2.53. The van der Waals surface area contributed by atoms with Crippen molar-refractivity contribution in [3.8, 4) is 5.75 Å². The third kappa shape index (κ3) is 4.88. The van der Waals surface area contributed by atoms with Crippen LogP contribution in [-0.4, -0.2) is 23.1 Å². The van der Waals surface area contributed by atoms with Crippen molar-refractivity contribution in [3.63, 3.8) is 0 Å². The Hall–Kier alpha value is -1.91. The normalized spacial score (nSPS) is 13.9.